The predicted molar refractivity (Wildman–Crippen MR) is 72.6 cm³/mol. The summed E-state index contributed by atoms with van der Waals surface area (Å²) >= 11 is 0. The largest absolute Gasteiger partial charge is 0.393 e. The van der Waals surface area contributed by atoms with E-state index in [-0.39, 0.29) is 17.2 Å². The number of hydrogen-bond acceptors (Lipinski definition) is 5. The Hall–Kier alpha value is -2.41. The first kappa shape index (κ1) is 12.6. The minimum Gasteiger partial charge on any atom is -0.393 e. The monoisotopic (exact) mass is 274 g/mol. The Balaban J connectivity index is 2.09. The number of nitrogens with two attached hydrogens (primary N) is 1. The third kappa shape index (κ3) is 2.01. The van der Waals surface area contributed by atoms with Gasteiger partial charge in [0, 0.05) is 19.3 Å². The second kappa shape index (κ2) is 4.93. The van der Waals surface area contributed by atoms with Crippen molar-refractivity contribution in [3.8, 4) is 0 Å². The van der Waals surface area contributed by atoms with Crippen LogP contribution in [-0.2, 0) is 4.74 Å². The van der Waals surface area contributed by atoms with E-state index in [4.69, 9.17) is 10.5 Å². The number of hydrogen-bond donors (Lipinski definition) is 1. The number of ether oxygens (including phenoxy) is 1. The van der Waals surface area contributed by atoms with Gasteiger partial charge in [0.1, 0.15) is 5.69 Å². The Morgan fingerprint density at radius 3 is 2.85 bits per heavy atom. The van der Waals surface area contributed by atoms with E-state index in [1.807, 2.05) is 0 Å². The van der Waals surface area contributed by atoms with Gasteiger partial charge in [-0.2, -0.15) is 0 Å². The fourth-order valence-electron chi connectivity index (χ4n) is 2.22. The minimum absolute atomic E-state index is 0.0541. The molecule has 2 aromatic heterocycles. The van der Waals surface area contributed by atoms with Gasteiger partial charge in [0.15, 0.2) is 5.65 Å². The first-order valence-corrected chi connectivity index (χ1v) is 6.31. The highest BCUT2D eigenvalue weighted by molar-refractivity contribution is 5.99. The number of amides is 1. The molecule has 20 heavy (non-hydrogen) atoms. The van der Waals surface area contributed by atoms with Gasteiger partial charge in [0.25, 0.3) is 11.5 Å². The molecule has 1 aliphatic rings. The van der Waals surface area contributed by atoms with E-state index in [1.54, 1.807) is 23.2 Å². The lowest BCUT2D eigenvalue weighted by atomic mass is 10.2. The van der Waals surface area contributed by atoms with Gasteiger partial charge in [-0.3, -0.25) is 14.0 Å². The topological polar surface area (TPSA) is 89.9 Å². The second-order valence-electron chi connectivity index (χ2n) is 4.54. The zero-order chi connectivity index (χ0) is 14.1. The molecule has 1 amide bonds. The smallest absolute Gasteiger partial charge is 0.281 e. The number of carbonyl (C=O) groups excluding carboxylic acids is 1. The molecule has 1 saturated heterocycles. The van der Waals surface area contributed by atoms with Crippen LogP contribution in [-0.4, -0.2) is 46.5 Å². The van der Waals surface area contributed by atoms with Gasteiger partial charge < -0.3 is 15.4 Å². The Labute approximate surface area is 114 Å². The fourth-order valence-corrected chi connectivity index (χ4v) is 2.22. The summed E-state index contributed by atoms with van der Waals surface area (Å²) < 4.78 is 6.52. The van der Waals surface area contributed by atoms with Crippen LogP contribution in [0.4, 0.5) is 5.69 Å². The summed E-state index contributed by atoms with van der Waals surface area (Å²) in [4.78, 5) is 30.2. The maximum absolute atomic E-state index is 12.5. The van der Waals surface area contributed by atoms with Crippen LogP contribution < -0.4 is 11.3 Å². The number of fused-ring (bicyclic) bond motifs is 1. The molecule has 104 valence electrons. The lowest BCUT2D eigenvalue weighted by molar-refractivity contribution is 0.0303. The first-order valence-electron chi connectivity index (χ1n) is 6.31. The van der Waals surface area contributed by atoms with Crippen molar-refractivity contribution >= 4 is 17.2 Å². The molecule has 0 saturated carbocycles. The SMILES string of the molecule is Nc1cnc2c(C(=O)N3CCOCC3)cccn2c1=O. The zero-order valence-corrected chi connectivity index (χ0v) is 10.8. The molecule has 3 heterocycles. The van der Waals surface area contributed by atoms with E-state index >= 15 is 0 Å². The molecule has 3 rings (SSSR count). The number of aromatic nitrogens is 2. The standard InChI is InChI=1S/C13H14N4O3/c14-10-8-15-11-9(2-1-3-17(11)13(10)19)12(18)16-4-6-20-7-5-16/h1-3,8H,4-7,14H2. The summed E-state index contributed by atoms with van der Waals surface area (Å²) in [6.07, 6.45) is 2.84. The van der Waals surface area contributed by atoms with Crippen molar-refractivity contribution in [3.63, 3.8) is 0 Å². The molecule has 0 aromatic carbocycles. The number of pyridine rings is 1. The van der Waals surface area contributed by atoms with Crippen molar-refractivity contribution in [2.45, 2.75) is 0 Å². The molecule has 0 atom stereocenters. The van der Waals surface area contributed by atoms with Crippen LogP contribution in [0.1, 0.15) is 10.4 Å². The molecule has 0 bridgehead atoms. The number of morpholine rings is 1. The third-order valence-electron chi connectivity index (χ3n) is 3.29. The summed E-state index contributed by atoms with van der Waals surface area (Å²) in [5.74, 6) is -0.150. The van der Waals surface area contributed by atoms with Gasteiger partial charge in [-0.05, 0) is 12.1 Å². The van der Waals surface area contributed by atoms with Crippen molar-refractivity contribution < 1.29 is 9.53 Å². The van der Waals surface area contributed by atoms with Crippen LogP contribution in [0.2, 0.25) is 0 Å². The maximum Gasteiger partial charge on any atom is 0.281 e. The minimum atomic E-state index is -0.369. The molecular weight excluding hydrogens is 260 g/mol. The van der Waals surface area contributed by atoms with Crippen LogP contribution in [0, 0.1) is 0 Å². The van der Waals surface area contributed by atoms with Crippen LogP contribution in [0.25, 0.3) is 5.65 Å². The van der Waals surface area contributed by atoms with Crippen molar-refractivity contribution in [1.29, 1.82) is 0 Å². The van der Waals surface area contributed by atoms with E-state index < -0.39 is 0 Å². The van der Waals surface area contributed by atoms with Crippen molar-refractivity contribution in [2.24, 2.45) is 0 Å². The van der Waals surface area contributed by atoms with Crippen LogP contribution in [0.15, 0.2) is 29.3 Å². The highest BCUT2D eigenvalue weighted by atomic mass is 16.5. The summed E-state index contributed by atoms with van der Waals surface area (Å²) in [6.45, 7) is 2.13. The van der Waals surface area contributed by atoms with Gasteiger partial charge in [-0.25, -0.2) is 4.98 Å². The second-order valence-corrected chi connectivity index (χ2v) is 4.54. The third-order valence-corrected chi connectivity index (χ3v) is 3.29. The van der Waals surface area contributed by atoms with Gasteiger partial charge >= 0.3 is 0 Å². The normalized spacial score (nSPS) is 15.5. The van der Waals surface area contributed by atoms with Gasteiger partial charge in [0.2, 0.25) is 0 Å². The molecule has 2 aromatic rings. The van der Waals surface area contributed by atoms with Gasteiger partial charge in [0.05, 0.1) is 25.0 Å². The average molecular weight is 274 g/mol. The molecule has 1 fully saturated rings. The number of nitrogen functional groups attached to an aromatic ring is 1. The average Bonchev–Trinajstić information content (AvgIpc) is 2.51. The van der Waals surface area contributed by atoms with Gasteiger partial charge in [-0.1, -0.05) is 0 Å². The molecule has 7 heteroatoms. The molecule has 0 unspecified atom stereocenters. The fraction of sp³-hybridized carbons (Fsp3) is 0.308. The zero-order valence-electron chi connectivity index (χ0n) is 10.8. The summed E-state index contributed by atoms with van der Waals surface area (Å²) in [6, 6.07) is 3.30. The Morgan fingerprint density at radius 2 is 2.10 bits per heavy atom. The van der Waals surface area contributed by atoms with Crippen molar-refractivity contribution in [2.75, 3.05) is 32.0 Å². The van der Waals surface area contributed by atoms with Crippen LogP contribution in [0.5, 0.6) is 0 Å². The lowest BCUT2D eigenvalue weighted by Crippen LogP contribution is -2.41. The van der Waals surface area contributed by atoms with E-state index in [0.29, 0.717) is 37.5 Å². The Morgan fingerprint density at radius 1 is 1.35 bits per heavy atom. The van der Waals surface area contributed by atoms with Crippen LogP contribution in [0.3, 0.4) is 0 Å². The Kier molecular flexibility index (Phi) is 3.11. The highest BCUT2D eigenvalue weighted by Gasteiger charge is 2.21. The number of carbonyl (C=O) groups is 1. The van der Waals surface area contributed by atoms with E-state index in [2.05, 4.69) is 4.98 Å². The number of rotatable bonds is 1. The van der Waals surface area contributed by atoms with Gasteiger partial charge in [-0.15, -0.1) is 0 Å². The summed E-state index contributed by atoms with van der Waals surface area (Å²) in [5, 5.41) is 0. The Bertz CT molecular complexity index is 719. The molecule has 0 aliphatic carbocycles. The molecule has 1 aliphatic heterocycles. The summed E-state index contributed by atoms with van der Waals surface area (Å²) in [7, 11) is 0. The molecule has 0 spiro atoms. The van der Waals surface area contributed by atoms with E-state index in [9.17, 15) is 9.59 Å². The molecule has 7 nitrogen and oxygen atoms in total. The summed E-state index contributed by atoms with van der Waals surface area (Å²) in [5.41, 5.74) is 5.95. The van der Waals surface area contributed by atoms with E-state index in [0.717, 1.165) is 0 Å². The van der Waals surface area contributed by atoms with Crippen molar-refractivity contribution in [3.05, 3.63) is 40.4 Å². The highest BCUT2D eigenvalue weighted by Crippen LogP contribution is 2.12. The lowest BCUT2D eigenvalue weighted by Gasteiger charge is -2.27. The molecular formula is C13H14N4O3. The molecule has 2 N–H and O–H groups in total. The number of nitrogens with zero attached hydrogens (tertiary/aromatic N) is 3. The predicted octanol–water partition coefficient (Wildman–Crippen LogP) is -0.251. The number of anilines is 1. The quantitative estimate of drug-likeness (QED) is 0.774. The maximum atomic E-state index is 12.5. The van der Waals surface area contributed by atoms with E-state index in [1.165, 1.54) is 10.6 Å². The van der Waals surface area contributed by atoms with Crippen LogP contribution >= 0.6 is 0 Å². The van der Waals surface area contributed by atoms with Crippen molar-refractivity contribution in [1.82, 2.24) is 14.3 Å². The first-order chi connectivity index (χ1) is 9.68. The molecule has 0 radical (unpaired) electrons.